The van der Waals surface area contributed by atoms with Crippen LogP contribution in [0, 0.1) is 0 Å². The molecular weight excluding hydrogens is 282 g/mol. The first-order chi connectivity index (χ1) is 10.4. The van der Waals surface area contributed by atoms with Gasteiger partial charge in [-0.3, -0.25) is 0 Å². The molecule has 0 aliphatic heterocycles. The maximum atomic E-state index is 11.8. The molecule has 8 heteroatoms. The van der Waals surface area contributed by atoms with E-state index < -0.39 is 0 Å². The second kappa shape index (κ2) is 5.28. The Morgan fingerprint density at radius 3 is 2.86 bits per heavy atom. The van der Waals surface area contributed by atoms with Crippen LogP contribution in [0.15, 0.2) is 23.5 Å². The fraction of sp³-hybridized carbons (Fsp3) is 0.429. The van der Waals surface area contributed by atoms with Crippen molar-refractivity contribution in [2.75, 3.05) is 11.9 Å². The summed E-state index contributed by atoms with van der Waals surface area (Å²) in [7, 11) is 0. The van der Waals surface area contributed by atoms with E-state index in [1.54, 1.807) is 12.5 Å². The average molecular weight is 301 g/mol. The fourth-order valence-corrected chi connectivity index (χ4v) is 2.13. The lowest BCUT2D eigenvalue weighted by atomic mass is 9.93. The fourth-order valence-electron chi connectivity index (χ4n) is 2.13. The topological polar surface area (TPSA) is 104 Å². The quantitative estimate of drug-likeness (QED) is 0.669. The maximum absolute atomic E-state index is 11.8. The summed E-state index contributed by atoms with van der Waals surface area (Å²) in [5.74, 6) is 0.598. The molecule has 0 bridgehead atoms. The number of hydrogen-bond acceptors (Lipinski definition) is 5. The molecule has 8 nitrogen and oxygen atoms in total. The van der Waals surface area contributed by atoms with Gasteiger partial charge in [0.1, 0.15) is 0 Å². The molecule has 0 aliphatic rings. The molecule has 0 aliphatic carbocycles. The lowest BCUT2D eigenvalue weighted by Crippen LogP contribution is -2.20. The zero-order chi connectivity index (χ0) is 15.7. The molecular formula is C14H19N7O. The third kappa shape index (κ3) is 2.72. The smallest absolute Gasteiger partial charge is 0.347 e. The van der Waals surface area contributed by atoms with E-state index in [0.717, 1.165) is 17.8 Å². The predicted molar refractivity (Wildman–Crippen MR) is 83.1 cm³/mol. The van der Waals surface area contributed by atoms with Crippen molar-refractivity contribution in [3.05, 3.63) is 40.6 Å². The van der Waals surface area contributed by atoms with Gasteiger partial charge >= 0.3 is 5.69 Å². The van der Waals surface area contributed by atoms with Gasteiger partial charge in [0.05, 0.1) is 17.7 Å². The summed E-state index contributed by atoms with van der Waals surface area (Å²) < 4.78 is 1.49. The molecule has 22 heavy (non-hydrogen) atoms. The van der Waals surface area contributed by atoms with Crippen LogP contribution in [-0.4, -0.2) is 36.1 Å². The molecule has 3 rings (SSSR count). The van der Waals surface area contributed by atoms with E-state index in [4.69, 9.17) is 0 Å². The van der Waals surface area contributed by atoms with Crippen molar-refractivity contribution in [2.24, 2.45) is 0 Å². The van der Waals surface area contributed by atoms with Crippen LogP contribution in [0.4, 0.5) is 5.82 Å². The van der Waals surface area contributed by atoms with Crippen molar-refractivity contribution in [3.63, 3.8) is 0 Å². The highest BCUT2D eigenvalue weighted by Gasteiger charge is 2.19. The minimum absolute atomic E-state index is 0.163. The van der Waals surface area contributed by atoms with E-state index >= 15 is 0 Å². The van der Waals surface area contributed by atoms with Crippen molar-refractivity contribution in [2.45, 2.75) is 32.6 Å². The van der Waals surface area contributed by atoms with Crippen molar-refractivity contribution >= 4 is 11.5 Å². The Labute approximate surface area is 127 Å². The molecule has 3 aromatic rings. The molecule has 0 aromatic carbocycles. The van der Waals surface area contributed by atoms with E-state index in [0.29, 0.717) is 18.0 Å². The SMILES string of the molecule is CC(C)(C)c1cn2c(=O)[nH]nc2c(NCCc2c[nH]cn2)n1. The summed E-state index contributed by atoms with van der Waals surface area (Å²) in [5, 5.41) is 9.74. The maximum Gasteiger partial charge on any atom is 0.347 e. The lowest BCUT2D eigenvalue weighted by molar-refractivity contribution is 0.565. The van der Waals surface area contributed by atoms with Gasteiger partial charge in [0, 0.05) is 30.8 Å². The lowest BCUT2D eigenvalue weighted by Gasteiger charge is -2.19. The van der Waals surface area contributed by atoms with Crippen LogP contribution in [0.3, 0.4) is 0 Å². The molecule has 3 heterocycles. The summed E-state index contributed by atoms with van der Waals surface area (Å²) in [6.07, 6.45) is 6.00. The molecule has 0 spiro atoms. The summed E-state index contributed by atoms with van der Waals surface area (Å²) in [4.78, 5) is 23.6. The molecule has 3 N–H and O–H groups in total. The Morgan fingerprint density at radius 1 is 1.36 bits per heavy atom. The van der Waals surface area contributed by atoms with Gasteiger partial charge < -0.3 is 10.3 Å². The molecule has 0 radical (unpaired) electrons. The van der Waals surface area contributed by atoms with Gasteiger partial charge in [-0.25, -0.2) is 24.3 Å². The summed E-state index contributed by atoms with van der Waals surface area (Å²) in [5.41, 5.74) is 1.86. The zero-order valence-electron chi connectivity index (χ0n) is 12.8. The van der Waals surface area contributed by atoms with Crippen LogP contribution in [0.2, 0.25) is 0 Å². The molecule has 3 aromatic heterocycles. The monoisotopic (exact) mass is 301 g/mol. The van der Waals surface area contributed by atoms with Crippen molar-refractivity contribution < 1.29 is 0 Å². The van der Waals surface area contributed by atoms with Gasteiger partial charge in [-0.05, 0) is 0 Å². The Morgan fingerprint density at radius 2 is 2.18 bits per heavy atom. The number of H-pyrrole nitrogens is 2. The Kier molecular flexibility index (Phi) is 3.44. The number of anilines is 1. The van der Waals surface area contributed by atoms with Crippen molar-refractivity contribution in [1.29, 1.82) is 0 Å². The Balaban J connectivity index is 1.91. The average Bonchev–Trinajstić information content (AvgIpc) is 3.08. The van der Waals surface area contributed by atoms with Gasteiger partial charge in [-0.1, -0.05) is 20.8 Å². The van der Waals surface area contributed by atoms with Gasteiger partial charge in [-0.15, -0.1) is 5.10 Å². The summed E-state index contributed by atoms with van der Waals surface area (Å²) in [6, 6.07) is 0. The largest absolute Gasteiger partial charge is 0.367 e. The van der Waals surface area contributed by atoms with Gasteiger partial charge in [-0.2, -0.15) is 0 Å². The number of fused-ring (bicyclic) bond motifs is 1. The minimum atomic E-state index is -0.266. The number of hydrogen-bond donors (Lipinski definition) is 3. The minimum Gasteiger partial charge on any atom is -0.367 e. The molecule has 0 amide bonds. The van der Waals surface area contributed by atoms with E-state index in [-0.39, 0.29) is 11.1 Å². The first-order valence-electron chi connectivity index (χ1n) is 7.15. The van der Waals surface area contributed by atoms with Gasteiger partial charge in [0.25, 0.3) is 0 Å². The number of aromatic amines is 2. The van der Waals surface area contributed by atoms with Gasteiger partial charge in [0.15, 0.2) is 5.82 Å². The summed E-state index contributed by atoms with van der Waals surface area (Å²) >= 11 is 0. The van der Waals surface area contributed by atoms with Crippen LogP contribution < -0.4 is 11.0 Å². The first kappa shape index (κ1) is 14.3. The zero-order valence-corrected chi connectivity index (χ0v) is 12.8. The van der Waals surface area contributed by atoms with E-state index in [9.17, 15) is 4.79 Å². The third-order valence-electron chi connectivity index (χ3n) is 3.40. The standard InChI is InChI=1S/C14H19N7O/c1-14(2,3)10-7-21-12(19-20-13(21)22)11(18-10)16-5-4-9-6-15-8-17-9/h6-8H,4-5H2,1-3H3,(H,15,17)(H,16,18)(H,20,22). The number of nitrogens with one attached hydrogen (secondary N) is 3. The Hall–Kier alpha value is -2.64. The van der Waals surface area contributed by atoms with Crippen LogP contribution in [0.25, 0.3) is 5.65 Å². The van der Waals surface area contributed by atoms with Crippen LogP contribution in [-0.2, 0) is 11.8 Å². The first-order valence-corrected chi connectivity index (χ1v) is 7.15. The normalized spacial score (nSPS) is 12.0. The third-order valence-corrected chi connectivity index (χ3v) is 3.40. The van der Waals surface area contributed by atoms with Crippen LogP contribution >= 0.6 is 0 Å². The molecule has 0 unspecified atom stereocenters. The van der Waals surface area contributed by atoms with Gasteiger partial charge in [0.2, 0.25) is 5.65 Å². The predicted octanol–water partition coefficient (Wildman–Crippen LogP) is 1.09. The Bertz CT molecular complexity index is 823. The highest BCUT2D eigenvalue weighted by Crippen LogP contribution is 2.22. The van der Waals surface area contributed by atoms with E-state index in [1.165, 1.54) is 4.40 Å². The molecule has 0 fully saturated rings. The molecule has 0 atom stereocenters. The molecule has 0 saturated heterocycles. The number of nitrogens with zero attached hydrogens (tertiary/aromatic N) is 4. The molecule has 116 valence electrons. The number of imidazole rings is 1. The number of rotatable bonds is 4. The molecule has 0 saturated carbocycles. The summed E-state index contributed by atoms with van der Waals surface area (Å²) in [6.45, 7) is 6.82. The highest BCUT2D eigenvalue weighted by atomic mass is 16.1. The van der Waals surface area contributed by atoms with Crippen LogP contribution in [0.1, 0.15) is 32.2 Å². The number of aromatic nitrogens is 6. The van der Waals surface area contributed by atoms with E-state index in [2.05, 4.69) is 51.2 Å². The highest BCUT2D eigenvalue weighted by molar-refractivity contribution is 5.62. The van der Waals surface area contributed by atoms with Crippen LogP contribution in [0.5, 0.6) is 0 Å². The van der Waals surface area contributed by atoms with Crippen molar-refractivity contribution in [3.8, 4) is 0 Å². The second-order valence-electron chi connectivity index (χ2n) is 6.18. The van der Waals surface area contributed by atoms with E-state index in [1.807, 2.05) is 6.20 Å². The second-order valence-corrected chi connectivity index (χ2v) is 6.18. The van der Waals surface area contributed by atoms with Crippen molar-refractivity contribution in [1.82, 2.24) is 29.5 Å².